The minimum atomic E-state index is -0.0534. The predicted molar refractivity (Wildman–Crippen MR) is 133 cm³/mol. The summed E-state index contributed by atoms with van der Waals surface area (Å²) >= 11 is 0. The van der Waals surface area contributed by atoms with Crippen LogP contribution in [0.1, 0.15) is 113 Å². The fraction of sp³-hybridized carbons (Fsp3) is 0.933. The van der Waals surface area contributed by atoms with Crippen LogP contribution in [0.15, 0.2) is 11.1 Å². The van der Waals surface area contributed by atoms with Crippen molar-refractivity contribution in [2.45, 2.75) is 119 Å². The van der Waals surface area contributed by atoms with Crippen LogP contribution in [0.4, 0.5) is 0 Å². The van der Waals surface area contributed by atoms with E-state index in [1.807, 2.05) is 5.57 Å². The van der Waals surface area contributed by atoms with E-state index in [0.29, 0.717) is 16.7 Å². The smallest absolute Gasteiger partial charge is 0.0568 e. The highest BCUT2D eigenvalue weighted by Crippen LogP contribution is 2.68. The quantitative estimate of drug-likeness (QED) is 0.447. The van der Waals surface area contributed by atoms with E-state index < -0.39 is 0 Å². The van der Waals surface area contributed by atoms with E-state index in [1.54, 1.807) is 5.57 Å². The van der Waals surface area contributed by atoms with Gasteiger partial charge in [-0.25, -0.2) is 0 Å². The van der Waals surface area contributed by atoms with Crippen LogP contribution in [0.3, 0.4) is 0 Å². The van der Waals surface area contributed by atoms with E-state index in [9.17, 15) is 5.11 Å². The van der Waals surface area contributed by atoms with Crippen LogP contribution < -0.4 is 0 Å². The highest BCUT2D eigenvalue weighted by atomic mass is 16.3. The molecule has 1 N–H and O–H groups in total. The van der Waals surface area contributed by atoms with Gasteiger partial charge in [0.05, 0.1) is 6.10 Å². The van der Waals surface area contributed by atoms with Gasteiger partial charge in [0, 0.05) is 0 Å². The first kappa shape index (κ1) is 23.8. The molecule has 0 saturated heterocycles. The number of allylic oxidation sites excluding steroid dienone is 2. The zero-order valence-electron chi connectivity index (χ0n) is 22.0. The molecule has 0 aliphatic heterocycles. The van der Waals surface area contributed by atoms with Gasteiger partial charge in [-0.1, -0.05) is 59.6 Å². The summed E-state index contributed by atoms with van der Waals surface area (Å²) < 4.78 is 0. The van der Waals surface area contributed by atoms with Gasteiger partial charge in [0.15, 0.2) is 0 Å². The second-order valence-corrected chi connectivity index (χ2v) is 13.6. The number of hydrogen-bond donors (Lipinski definition) is 1. The lowest BCUT2D eigenvalue weighted by Gasteiger charge is -2.62. The second-order valence-electron chi connectivity index (χ2n) is 13.6. The van der Waals surface area contributed by atoms with Gasteiger partial charge in [0.25, 0.3) is 0 Å². The summed E-state index contributed by atoms with van der Waals surface area (Å²) in [6, 6.07) is 0. The Hall–Kier alpha value is -0.300. The van der Waals surface area contributed by atoms with Gasteiger partial charge in [0.1, 0.15) is 0 Å². The molecule has 1 heteroatoms. The monoisotopic (exact) mass is 428 g/mol. The molecule has 31 heavy (non-hydrogen) atoms. The Labute approximate surface area is 193 Å². The van der Waals surface area contributed by atoms with Crippen molar-refractivity contribution in [3.63, 3.8) is 0 Å². The van der Waals surface area contributed by atoms with Crippen molar-refractivity contribution < 1.29 is 5.11 Å². The maximum Gasteiger partial charge on any atom is 0.0568 e. The minimum Gasteiger partial charge on any atom is -0.393 e. The average Bonchev–Trinajstić information content (AvgIpc) is 3.07. The van der Waals surface area contributed by atoms with E-state index in [2.05, 4.69) is 55.4 Å². The van der Waals surface area contributed by atoms with E-state index in [0.717, 1.165) is 47.8 Å². The molecule has 0 amide bonds. The molecular formula is C30H52O. The lowest BCUT2D eigenvalue weighted by Crippen LogP contribution is -2.55. The Morgan fingerprint density at radius 2 is 1.65 bits per heavy atom. The van der Waals surface area contributed by atoms with Gasteiger partial charge in [-0.15, -0.1) is 0 Å². The molecule has 1 nitrogen and oxygen atoms in total. The summed E-state index contributed by atoms with van der Waals surface area (Å²) in [5.74, 6) is 6.36. The third-order valence-corrected chi connectivity index (χ3v) is 12.0. The molecule has 4 saturated carbocycles. The summed E-state index contributed by atoms with van der Waals surface area (Å²) in [5, 5.41) is 10.6. The van der Waals surface area contributed by atoms with Crippen LogP contribution in [0, 0.1) is 58.2 Å². The first-order valence-corrected chi connectivity index (χ1v) is 13.9. The molecule has 10 atom stereocenters. The first-order valence-electron chi connectivity index (χ1n) is 13.9. The van der Waals surface area contributed by atoms with Crippen molar-refractivity contribution in [1.82, 2.24) is 0 Å². The number of aliphatic hydroxyl groups is 1. The van der Waals surface area contributed by atoms with Gasteiger partial charge in [-0.2, -0.15) is 0 Å². The van der Waals surface area contributed by atoms with Crippen molar-refractivity contribution >= 4 is 0 Å². The van der Waals surface area contributed by atoms with E-state index in [-0.39, 0.29) is 6.10 Å². The molecule has 0 aromatic rings. The normalized spacial score (nSPS) is 48.6. The van der Waals surface area contributed by atoms with E-state index >= 15 is 0 Å². The third kappa shape index (κ3) is 3.77. The van der Waals surface area contributed by atoms with E-state index in [1.165, 1.54) is 51.4 Å². The highest BCUT2D eigenvalue weighted by molar-refractivity contribution is 5.28. The minimum absolute atomic E-state index is 0.0534. The van der Waals surface area contributed by atoms with Crippen LogP contribution in [0.25, 0.3) is 0 Å². The maximum absolute atomic E-state index is 10.6. The van der Waals surface area contributed by atoms with Crippen molar-refractivity contribution in [3.05, 3.63) is 11.1 Å². The van der Waals surface area contributed by atoms with Gasteiger partial charge < -0.3 is 5.11 Å². The van der Waals surface area contributed by atoms with Crippen LogP contribution in [0.2, 0.25) is 0 Å². The first-order chi connectivity index (χ1) is 14.5. The standard InChI is InChI=1S/C30H52O/c1-18(2)21(5)19(3)17-20(4)24-11-12-26-23-9-10-25-22(6)28(31)14-16-30(25,8)27(23)13-15-29(24,26)7/h18-19,21-23,25-28,31H,9-17H2,1-8H3/b24-20+/t19-,21+,22+,23+,25+,26+,27+,28+,29-,30+/m1/s1. The molecular weight excluding hydrogens is 376 g/mol. The lowest BCUT2D eigenvalue weighted by atomic mass is 9.43. The SMILES string of the molecule is C/C(C[C@@H](C)[C@@H](C)C(C)C)=C1/CC[C@H]2[C@@H]3CC[C@H]4[C@H](C)[C@@H](O)CC[C@]4(C)[C@H]3CC[C@]12C. The second kappa shape index (κ2) is 8.48. The van der Waals surface area contributed by atoms with Crippen molar-refractivity contribution in [2.75, 3.05) is 0 Å². The molecule has 0 radical (unpaired) electrons. The van der Waals surface area contributed by atoms with Crippen molar-refractivity contribution in [3.8, 4) is 0 Å². The molecule has 0 unspecified atom stereocenters. The number of aliphatic hydroxyl groups excluding tert-OH is 1. The average molecular weight is 429 g/mol. The molecule has 4 rings (SSSR count). The zero-order valence-corrected chi connectivity index (χ0v) is 22.0. The molecule has 4 aliphatic carbocycles. The zero-order chi connectivity index (χ0) is 22.7. The molecule has 0 aromatic carbocycles. The van der Waals surface area contributed by atoms with Gasteiger partial charge in [-0.3, -0.25) is 0 Å². The third-order valence-electron chi connectivity index (χ3n) is 12.0. The van der Waals surface area contributed by atoms with E-state index in [4.69, 9.17) is 0 Å². The van der Waals surface area contributed by atoms with Crippen LogP contribution >= 0.6 is 0 Å². The fourth-order valence-electron chi connectivity index (χ4n) is 9.67. The number of fused-ring (bicyclic) bond motifs is 5. The van der Waals surface area contributed by atoms with Crippen LogP contribution in [-0.2, 0) is 0 Å². The van der Waals surface area contributed by atoms with Crippen molar-refractivity contribution in [2.24, 2.45) is 58.2 Å². The molecule has 178 valence electrons. The Kier molecular flexibility index (Phi) is 6.53. The van der Waals surface area contributed by atoms with Gasteiger partial charge in [0.2, 0.25) is 0 Å². The molecule has 0 heterocycles. The topological polar surface area (TPSA) is 20.2 Å². The molecule has 0 bridgehead atoms. The highest BCUT2D eigenvalue weighted by Gasteiger charge is 2.60. The van der Waals surface area contributed by atoms with Gasteiger partial charge >= 0.3 is 0 Å². The van der Waals surface area contributed by atoms with Gasteiger partial charge in [-0.05, 0) is 123 Å². The molecule has 4 aliphatic rings. The van der Waals surface area contributed by atoms with Crippen molar-refractivity contribution in [1.29, 1.82) is 0 Å². The molecule has 0 spiro atoms. The Bertz CT molecular complexity index is 691. The lowest BCUT2D eigenvalue weighted by molar-refractivity contribution is -0.140. The Morgan fingerprint density at radius 1 is 0.935 bits per heavy atom. The largest absolute Gasteiger partial charge is 0.393 e. The Morgan fingerprint density at radius 3 is 2.32 bits per heavy atom. The maximum atomic E-state index is 10.6. The number of rotatable bonds is 4. The predicted octanol–water partition coefficient (Wildman–Crippen LogP) is 8.27. The summed E-state index contributed by atoms with van der Waals surface area (Å²) in [5.41, 5.74) is 4.57. The van der Waals surface area contributed by atoms with Crippen LogP contribution in [0.5, 0.6) is 0 Å². The summed E-state index contributed by atoms with van der Waals surface area (Å²) in [4.78, 5) is 0. The summed E-state index contributed by atoms with van der Waals surface area (Å²) in [7, 11) is 0. The Balaban J connectivity index is 1.55. The summed E-state index contributed by atoms with van der Waals surface area (Å²) in [6.07, 6.45) is 12.0. The van der Waals surface area contributed by atoms with Crippen LogP contribution in [-0.4, -0.2) is 11.2 Å². The fourth-order valence-corrected chi connectivity index (χ4v) is 9.67. The summed E-state index contributed by atoms with van der Waals surface area (Å²) in [6.45, 7) is 19.9. The molecule has 4 fully saturated rings. The molecule has 0 aromatic heterocycles. The number of hydrogen-bond acceptors (Lipinski definition) is 1.